The highest BCUT2D eigenvalue weighted by molar-refractivity contribution is 5.74. The predicted octanol–water partition coefficient (Wildman–Crippen LogP) is 2.45. The largest absolute Gasteiger partial charge is 0.336 e. The minimum atomic E-state index is 0.0286. The number of hydrogen-bond donors (Lipinski definition) is 1. The molecule has 1 rings (SSSR count). The highest BCUT2D eigenvalue weighted by atomic mass is 16.2. The van der Waals surface area contributed by atoms with Gasteiger partial charge < -0.3 is 10.2 Å². The summed E-state index contributed by atoms with van der Waals surface area (Å²) in [6, 6.07) is 4.23. The van der Waals surface area contributed by atoms with Gasteiger partial charge in [-0.3, -0.25) is 4.98 Å². The Morgan fingerprint density at radius 1 is 1.39 bits per heavy atom. The topological polar surface area (TPSA) is 45.2 Å². The number of aromatic nitrogens is 1. The standard InChI is InChI=1S/C14H23N3O/c1-4-12(3)16-14(18)17(5-2)11-8-13-6-9-15-10-7-13/h6-7,9-10,12H,4-5,8,11H2,1-3H3,(H,16,18). The molecule has 0 saturated carbocycles. The van der Waals surface area contributed by atoms with Crippen LogP contribution in [-0.2, 0) is 6.42 Å². The number of pyridine rings is 1. The van der Waals surface area contributed by atoms with Crippen LogP contribution >= 0.6 is 0 Å². The van der Waals surface area contributed by atoms with E-state index in [2.05, 4.69) is 17.2 Å². The smallest absolute Gasteiger partial charge is 0.317 e. The molecule has 100 valence electrons. The van der Waals surface area contributed by atoms with Crippen LogP contribution < -0.4 is 5.32 Å². The third-order valence-corrected chi connectivity index (χ3v) is 3.07. The van der Waals surface area contributed by atoms with Crippen molar-refractivity contribution >= 4 is 6.03 Å². The zero-order valence-corrected chi connectivity index (χ0v) is 11.5. The van der Waals surface area contributed by atoms with Crippen LogP contribution in [0.25, 0.3) is 0 Å². The summed E-state index contributed by atoms with van der Waals surface area (Å²) in [4.78, 5) is 17.8. The Hall–Kier alpha value is -1.58. The highest BCUT2D eigenvalue weighted by Crippen LogP contribution is 2.01. The average molecular weight is 249 g/mol. The molecule has 0 aromatic carbocycles. The maximum absolute atomic E-state index is 12.0. The molecule has 1 aromatic rings. The lowest BCUT2D eigenvalue weighted by Gasteiger charge is -2.23. The molecule has 0 fully saturated rings. The Morgan fingerprint density at radius 3 is 2.61 bits per heavy atom. The van der Waals surface area contributed by atoms with E-state index in [0.29, 0.717) is 0 Å². The Labute approximate surface area is 109 Å². The van der Waals surface area contributed by atoms with E-state index in [0.717, 1.165) is 25.9 Å². The summed E-state index contributed by atoms with van der Waals surface area (Å²) in [5.74, 6) is 0. The van der Waals surface area contributed by atoms with Gasteiger partial charge in [0, 0.05) is 31.5 Å². The third kappa shape index (κ3) is 4.73. The van der Waals surface area contributed by atoms with Crippen molar-refractivity contribution < 1.29 is 4.79 Å². The molecule has 0 saturated heterocycles. The third-order valence-electron chi connectivity index (χ3n) is 3.07. The predicted molar refractivity (Wildman–Crippen MR) is 73.5 cm³/mol. The molecule has 2 amide bonds. The number of likely N-dealkylation sites (N-methyl/N-ethyl adjacent to an activating group) is 1. The SMILES string of the molecule is CCC(C)NC(=O)N(CC)CCc1ccncc1. The molecule has 4 nitrogen and oxygen atoms in total. The zero-order valence-electron chi connectivity index (χ0n) is 11.5. The second kappa shape index (κ2) is 7.69. The van der Waals surface area contributed by atoms with Crippen LogP contribution in [0.2, 0.25) is 0 Å². The van der Waals surface area contributed by atoms with Crippen LogP contribution in [0, 0.1) is 0 Å². The Bertz CT molecular complexity index is 353. The van der Waals surface area contributed by atoms with Crippen molar-refractivity contribution in [3.05, 3.63) is 30.1 Å². The summed E-state index contributed by atoms with van der Waals surface area (Å²) >= 11 is 0. The summed E-state index contributed by atoms with van der Waals surface area (Å²) < 4.78 is 0. The lowest BCUT2D eigenvalue weighted by molar-refractivity contribution is 0.197. The summed E-state index contributed by atoms with van der Waals surface area (Å²) in [5.41, 5.74) is 1.21. The molecule has 0 aliphatic carbocycles. The normalized spacial score (nSPS) is 11.9. The minimum Gasteiger partial charge on any atom is -0.336 e. The summed E-state index contributed by atoms with van der Waals surface area (Å²) in [5, 5.41) is 2.99. The average Bonchev–Trinajstić information content (AvgIpc) is 2.40. The monoisotopic (exact) mass is 249 g/mol. The second-order valence-corrected chi connectivity index (χ2v) is 4.44. The van der Waals surface area contributed by atoms with Crippen LogP contribution in [0.15, 0.2) is 24.5 Å². The maximum atomic E-state index is 12.0. The molecule has 18 heavy (non-hydrogen) atoms. The van der Waals surface area contributed by atoms with Gasteiger partial charge in [-0.15, -0.1) is 0 Å². The molecule has 4 heteroatoms. The van der Waals surface area contributed by atoms with Crippen molar-refractivity contribution in [2.75, 3.05) is 13.1 Å². The lowest BCUT2D eigenvalue weighted by atomic mass is 10.2. The van der Waals surface area contributed by atoms with Gasteiger partial charge in [-0.1, -0.05) is 6.92 Å². The van der Waals surface area contributed by atoms with E-state index in [9.17, 15) is 4.79 Å². The van der Waals surface area contributed by atoms with Gasteiger partial charge >= 0.3 is 6.03 Å². The minimum absolute atomic E-state index is 0.0286. The molecule has 1 aromatic heterocycles. The van der Waals surface area contributed by atoms with Gasteiger partial charge in [0.05, 0.1) is 0 Å². The van der Waals surface area contributed by atoms with Crippen molar-refractivity contribution in [1.82, 2.24) is 15.2 Å². The Morgan fingerprint density at radius 2 is 2.06 bits per heavy atom. The van der Waals surface area contributed by atoms with Crippen LogP contribution in [-0.4, -0.2) is 35.0 Å². The molecule has 0 aliphatic rings. The van der Waals surface area contributed by atoms with E-state index in [1.807, 2.05) is 30.9 Å². The van der Waals surface area contributed by atoms with E-state index in [1.54, 1.807) is 12.4 Å². The molecule has 0 aliphatic heterocycles. The highest BCUT2D eigenvalue weighted by Gasteiger charge is 2.12. The zero-order chi connectivity index (χ0) is 13.4. The van der Waals surface area contributed by atoms with Gasteiger partial charge in [0.15, 0.2) is 0 Å². The van der Waals surface area contributed by atoms with E-state index < -0.39 is 0 Å². The van der Waals surface area contributed by atoms with Crippen LogP contribution in [0.3, 0.4) is 0 Å². The van der Waals surface area contributed by atoms with Crippen molar-refractivity contribution in [3.8, 4) is 0 Å². The molecular weight excluding hydrogens is 226 g/mol. The van der Waals surface area contributed by atoms with Gasteiger partial charge in [-0.2, -0.15) is 0 Å². The van der Waals surface area contributed by atoms with E-state index in [4.69, 9.17) is 0 Å². The van der Waals surface area contributed by atoms with Crippen molar-refractivity contribution in [1.29, 1.82) is 0 Å². The van der Waals surface area contributed by atoms with Crippen molar-refractivity contribution in [3.63, 3.8) is 0 Å². The molecule has 1 N–H and O–H groups in total. The van der Waals surface area contributed by atoms with Crippen LogP contribution in [0.1, 0.15) is 32.8 Å². The second-order valence-electron chi connectivity index (χ2n) is 4.44. The van der Waals surface area contributed by atoms with Crippen molar-refractivity contribution in [2.24, 2.45) is 0 Å². The van der Waals surface area contributed by atoms with E-state index in [1.165, 1.54) is 5.56 Å². The van der Waals surface area contributed by atoms with Crippen molar-refractivity contribution in [2.45, 2.75) is 39.7 Å². The fourth-order valence-corrected chi connectivity index (χ4v) is 1.62. The molecule has 1 unspecified atom stereocenters. The Balaban J connectivity index is 2.44. The quantitative estimate of drug-likeness (QED) is 0.841. The molecule has 0 bridgehead atoms. The van der Waals surface area contributed by atoms with Gasteiger partial charge in [0.2, 0.25) is 0 Å². The number of hydrogen-bond acceptors (Lipinski definition) is 2. The fraction of sp³-hybridized carbons (Fsp3) is 0.571. The molecule has 0 spiro atoms. The first-order valence-electron chi connectivity index (χ1n) is 6.61. The number of carbonyl (C=O) groups excluding carboxylic acids is 1. The van der Waals surface area contributed by atoms with Crippen LogP contribution in [0.5, 0.6) is 0 Å². The summed E-state index contributed by atoms with van der Waals surface area (Å²) in [7, 11) is 0. The first-order valence-corrected chi connectivity index (χ1v) is 6.61. The molecule has 1 atom stereocenters. The summed E-state index contributed by atoms with van der Waals surface area (Å²) in [6.07, 6.45) is 5.38. The first kappa shape index (κ1) is 14.5. The van der Waals surface area contributed by atoms with Gasteiger partial charge in [0.1, 0.15) is 0 Å². The number of urea groups is 1. The molecule has 1 heterocycles. The molecule has 0 radical (unpaired) electrons. The fourth-order valence-electron chi connectivity index (χ4n) is 1.62. The first-order chi connectivity index (χ1) is 8.67. The van der Waals surface area contributed by atoms with E-state index >= 15 is 0 Å². The molecular formula is C14H23N3O. The number of amides is 2. The summed E-state index contributed by atoms with van der Waals surface area (Å²) in [6.45, 7) is 7.56. The van der Waals surface area contributed by atoms with Gasteiger partial charge in [-0.25, -0.2) is 4.79 Å². The Kier molecular flexibility index (Phi) is 6.19. The van der Waals surface area contributed by atoms with Gasteiger partial charge in [0.25, 0.3) is 0 Å². The van der Waals surface area contributed by atoms with E-state index in [-0.39, 0.29) is 12.1 Å². The number of nitrogens with one attached hydrogen (secondary N) is 1. The lowest BCUT2D eigenvalue weighted by Crippen LogP contribution is -2.44. The van der Waals surface area contributed by atoms with Gasteiger partial charge in [-0.05, 0) is 44.4 Å². The number of rotatable bonds is 6. The van der Waals surface area contributed by atoms with Crippen LogP contribution in [0.4, 0.5) is 4.79 Å². The maximum Gasteiger partial charge on any atom is 0.317 e. The number of nitrogens with zero attached hydrogens (tertiary/aromatic N) is 2. The number of carbonyl (C=O) groups is 1.